The fourth-order valence-electron chi connectivity index (χ4n) is 2.52. The summed E-state index contributed by atoms with van der Waals surface area (Å²) in [6.07, 6.45) is 4.35. The maximum Gasteiger partial charge on any atom is 0.341 e. The molecule has 2 heterocycles. The molecular weight excluding hydrogens is 330 g/mol. The van der Waals surface area contributed by atoms with Gasteiger partial charge in [-0.2, -0.15) is 0 Å². The number of benzene rings is 1. The van der Waals surface area contributed by atoms with Crippen LogP contribution in [-0.4, -0.2) is 26.9 Å². The minimum atomic E-state index is -1.43. The summed E-state index contributed by atoms with van der Waals surface area (Å²) >= 11 is 0. The molecule has 1 aromatic carbocycles. The number of pyridine rings is 1. The molecule has 3 aromatic rings. The smallest absolute Gasteiger partial charge is 0.341 e. The second kappa shape index (κ2) is 7.74. The Bertz CT molecular complexity index is 947. The molecule has 0 radical (unpaired) electrons. The van der Waals surface area contributed by atoms with E-state index in [1.807, 2.05) is 13.8 Å². The number of hydrogen-bond acceptors (Lipinski definition) is 2. The van der Waals surface area contributed by atoms with E-state index >= 15 is 0 Å². The average Bonchev–Trinajstić information content (AvgIpc) is 3.13. The van der Waals surface area contributed by atoms with Crippen LogP contribution >= 0.6 is 0 Å². The molecule has 0 atom stereocenters. The number of aromatic nitrogens is 2. The van der Waals surface area contributed by atoms with E-state index in [1.165, 1.54) is 15.2 Å². The van der Waals surface area contributed by atoms with Gasteiger partial charge in [-0.15, -0.1) is 0 Å². The Morgan fingerprint density at radius 1 is 1.20 bits per heavy atom. The first kappa shape index (κ1) is 18.4. The third-order valence-corrected chi connectivity index (χ3v) is 3.59. The second-order valence-electron chi connectivity index (χ2n) is 4.97. The molecule has 0 fully saturated rings. The first-order valence-corrected chi connectivity index (χ1v) is 7.82. The lowest BCUT2D eigenvalue weighted by atomic mass is 10.1. The lowest BCUT2D eigenvalue weighted by molar-refractivity contribution is 0.0694. The Kier molecular flexibility index (Phi) is 5.69. The Morgan fingerprint density at radius 2 is 1.84 bits per heavy atom. The predicted molar refractivity (Wildman–Crippen MR) is 91.8 cm³/mol. The minimum Gasteiger partial charge on any atom is -0.477 e. The second-order valence-corrected chi connectivity index (χ2v) is 4.97. The van der Waals surface area contributed by atoms with Gasteiger partial charge in [0.1, 0.15) is 18.1 Å². The molecule has 132 valence electrons. The topological polar surface area (TPSA) is 64.2 Å². The van der Waals surface area contributed by atoms with E-state index in [4.69, 9.17) is 5.11 Å². The van der Waals surface area contributed by atoms with Crippen molar-refractivity contribution in [2.24, 2.45) is 0 Å². The van der Waals surface area contributed by atoms with Crippen LogP contribution in [0, 0.1) is 5.82 Å². The molecule has 0 spiro atoms. The van der Waals surface area contributed by atoms with Crippen LogP contribution < -0.4 is 5.43 Å². The summed E-state index contributed by atoms with van der Waals surface area (Å²) in [6, 6.07) is 5.83. The summed E-state index contributed by atoms with van der Waals surface area (Å²) in [7, 11) is 0. The van der Waals surface area contributed by atoms with E-state index < -0.39 is 29.5 Å². The molecule has 7 heteroatoms. The van der Waals surface area contributed by atoms with E-state index in [9.17, 15) is 18.4 Å². The highest BCUT2D eigenvalue weighted by atomic mass is 19.1. The van der Waals surface area contributed by atoms with Crippen LogP contribution in [-0.2, 0) is 6.54 Å². The normalized spacial score (nSPS) is 10.4. The van der Waals surface area contributed by atoms with Crippen LogP contribution in [0.5, 0.6) is 0 Å². The van der Waals surface area contributed by atoms with Gasteiger partial charge in [0.25, 0.3) is 0 Å². The number of halogens is 2. The molecule has 0 unspecified atom stereocenters. The van der Waals surface area contributed by atoms with Crippen LogP contribution in [0.15, 0.2) is 47.7 Å². The Hall–Kier alpha value is -2.96. The summed E-state index contributed by atoms with van der Waals surface area (Å²) in [5.41, 5.74) is -0.833. The molecule has 5 nitrogen and oxygen atoms in total. The average molecular weight is 348 g/mol. The number of hydrogen-bond donors (Lipinski definition) is 1. The van der Waals surface area contributed by atoms with Gasteiger partial charge in [0.2, 0.25) is 5.43 Å². The van der Waals surface area contributed by atoms with Crippen molar-refractivity contribution in [1.82, 2.24) is 9.13 Å². The van der Waals surface area contributed by atoms with E-state index in [0.29, 0.717) is 0 Å². The van der Waals surface area contributed by atoms with Crippen molar-refractivity contribution in [3.63, 3.8) is 0 Å². The fourth-order valence-corrected chi connectivity index (χ4v) is 2.52. The first-order valence-electron chi connectivity index (χ1n) is 7.82. The maximum absolute atomic E-state index is 14.3. The number of rotatable bonds is 4. The zero-order valence-electron chi connectivity index (χ0n) is 13.9. The summed E-state index contributed by atoms with van der Waals surface area (Å²) in [6.45, 7) is 3.13. The molecule has 0 bridgehead atoms. The monoisotopic (exact) mass is 348 g/mol. The van der Waals surface area contributed by atoms with Gasteiger partial charge in [-0.25, -0.2) is 13.6 Å². The number of carboxylic acids is 1. The number of carbonyl (C=O) groups is 1. The van der Waals surface area contributed by atoms with Gasteiger partial charge in [-0.05, 0) is 24.3 Å². The highest BCUT2D eigenvalue weighted by molar-refractivity contribution is 5.93. The maximum atomic E-state index is 14.3. The van der Waals surface area contributed by atoms with Crippen molar-refractivity contribution in [1.29, 1.82) is 0 Å². The molecule has 25 heavy (non-hydrogen) atoms. The zero-order chi connectivity index (χ0) is 18.6. The van der Waals surface area contributed by atoms with Gasteiger partial charge in [0.05, 0.1) is 17.7 Å². The molecule has 1 N–H and O–H groups in total. The molecule has 0 aliphatic heterocycles. The minimum absolute atomic E-state index is 0.0910. The van der Waals surface area contributed by atoms with Crippen LogP contribution in [0.1, 0.15) is 24.2 Å². The van der Waals surface area contributed by atoms with Gasteiger partial charge in [0, 0.05) is 24.0 Å². The van der Waals surface area contributed by atoms with Gasteiger partial charge >= 0.3 is 5.97 Å². The van der Waals surface area contributed by atoms with Crippen molar-refractivity contribution in [2.75, 3.05) is 6.67 Å². The first-order chi connectivity index (χ1) is 12.0. The molecule has 3 rings (SSSR count). The summed E-state index contributed by atoms with van der Waals surface area (Å²) in [5, 5.41) is 9.00. The molecule has 0 saturated heterocycles. The number of carboxylic acid groups (broad SMARTS) is 1. The van der Waals surface area contributed by atoms with E-state index in [1.54, 1.807) is 24.5 Å². The summed E-state index contributed by atoms with van der Waals surface area (Å²) < 4.78 is 29.9. The Labute approximate surface area is 142 Å². The molecular formula is C18H18F2N2O3. The number of aryl methyl sites for hydroxylation is 1. The standard InChI is InChI=1S/C16H12F2N2O3.C2H6/c17-3-6-20-9-11(16(22)23)15(21)10-7-12(18)14(8-13(10)20)19-4-1-2-5-19;1-2/h1-2,4-5,7-9H,3,6H2,(H,22,23);1-2H3. The summed E-state index contributed by atoms with van der Waals surface area (Å²) in [4.78, 5) is 23.4. The molecule has 0 saturated carbocycles. The predicted octanol–water partition coefficient (Wildman–Crippen LogP) is 3.63. The van der Waals surface area contributed by atoms with Crippen LogP contribution in [0.4, 0.5) is 8.78 Å². The van der Waals surface area contributed by atoms with Crippen molar-refractivity contribution in [2.45, 2.75) is 20.4 Å². The highest BCUT2D eigenvalue weighted by Gasteiger charge is 2.17. The number of fused-ring (bicyclic) bond motifs is 1. The Balaban J connectivity index is 0.00000109. The number of aromatic carboxylic acids is 1. The van der Waals surface area contributed by atoms with E-state index in [-0.39, 0.29) is 23.1 Å². The van der Waals surface area contributed by atoms with Gasteiger partial charge in [-0.1, -0.05) is 13.8 Å². The van der Waals surface area contributed by atoms with Crippen molar-refractivity contribution in [3.8, 4) is 5.69 Å². The van der Waals surface area contributed by atoms with Crippen molar-refractivity contribution >= 4 is 16.9 Å². The Morgan fingerprint density at radius 3 is 2.40 bits per heavy atom. The van der Waals surface area contributed by atoms with Crippen molar-refractivity contribution < 1.29 is 18.7 Å². The lowest BCUT2D eigenvalue weighted by Crippen LogP contribution is -2.20. The SMILES string of the molecule is CC.O=C(O)c1cn(CCF)c2cc(-n3cccc3)c(F)cc2c1=O. The van der Waals surface area contributed by atoms with Crippen LogP contribution in [0.25, 0.3) is 16.6 Å². The van der Waals surface area contributed by atoms with Crippen molar-refractivity contribution in [3.05, 3.63) is 64.5 Å². The molecule has 0 aliphatic carbocycles. The molecule has 2 aromatic heterocycles. The third-order valence-electron chi connectivity index (χ3n) is 3.59. The van der Waals surface area contributed by atoms with E-state index in [0.717, 1.165) is 12.3 Å². The number of alkyl halides is 1. The lowest BCUT2D eigenvalue weighted by Gasteiger charge is -2.13. The number of nitrogens with zero attached hydrogens (tertiary/aromatic N) is 2. The third kappa shape index (κ3) is 3.45. The largest absolute Gasteiger partial charge is 0.477 e. The van der Waals surface area contributed by atoms with Crippen LogP contribution in [0.2, 0.25) is 0 Å². The summed E-state index contributed by atoms with van der Waals surface area (Å²) in [5.74, 6) is -2.10. The van der Waals surface area contributed by atoms with Gasteiger partial charge in [0.15, 0.2) is 0 Å². The van der Waals surface area contributed by atoms with Crippen LogP contribution in [0.3, 0.4) is 0 Å². The fraction of sp³-hybridized carbons (Fsp3) is 0.222. The van der Waals surface area contributed by atoms with Gasteiger partial charge in [-0.3, -0.25) is 4.79 Å². The van der Waals surface area contributed by atoms with Gasteiger partial charge < -0.3 is 14.2 Å². The molecule has 0 aliphatic rings. The molecule has 0 amide bonds. The quantitative estimate of drug-likeness (QED) is 0.783. The van der Waals surface area contributed by atoms with E-state index in [2.05, 4.69) is 0 Å². The zero-order valence-corrected chi connectivity index (χ0v) is 13.9. The highest BCUT2D eigenvalue weighted by Crippen LogP contribution is 2.21.